The molecule has 0 saturated carbocycles. The van der Waals surface area contributed by atoms with Crippen LogP contribution in [-0.2, 0) is 21.2 Å². The van der Waals surface area contributed by atoms with E-state index >= 15 is 0 Å². The number of rotatable bonds is 3. The van der Waals surface area contributed by atoms with Gasteiger partial charge in [-0.25, -0.2) is 8.42 Å². The summed E-state index contributed by atoms with van der Waals surface area (Å²) in [6.45, 7) is 2.47. The Bertz CT molecular complexity index is 1160. The number of sulfonamides is 1. The molecule has 0 bridgehead atoms. The van der Waals surface area contributed by atoms with Crippen LogP contribution in [0.5, 0.6) is 17.2 Å². The Hall–Kier alpha value is -2.49. The van der Waals surface area contributed by atoms with Crippen LogP contribution in [0, 0.1) is 5.92 Å². The van der Waals surface area contributed by atoms with Crippen molar-refractivity contribution >= 4 is 27.5 Å². The largest absolute Gasteiger partial charge is 0.492 e. The molecule has 8 nitrogen and oxygen atoms in total. The molecule has 10 heteroatoms. The summed E-state index contributed by atoms with van der Waals surface area (Å²) in [7, 11) is -3.71. The molecule has 0 aromatic heterocycles. The highest BCUT2D eigenvalue weighted by atomic mass is 35.5. The van der Waals surface area contributed by atoms with Gasteiger partial charge in [0.2, 0.25) is 15.9 Å². The minimum absolute atomic E-state index is 0.0201. The van der Waals surface area contributed by atoms with Crippen molar-refractivity contribution in [2.75, 3.05) is 46.0 Å². The van der Waals surface area contributed by atoms with E-state index in [1.165, 1.54) is 10.4 Å². The lowest BCUT2D eigenvalue weighted by Gasteiger charge is -2.36. The van der Waals surface area contributed by atoms with E-state index in [0.29, 0.717) is 55.9 Å². The molecular formula is C23H25ClN2O6S. The predicted molar refractivity (Wildman–Crippen MR) is 122 cm³/mol. The average Bonchev–Trinajstić information content (AvgIpc) is 3.08. The number of hydrogen-bond acceptors (Lipinski definition) is 6. The first-order valence-electron chi connectivity index (χ1n) is 11.0. The van der Waals surface area contributed by atoms with Crippen molar-refractivity contribution < 1.29 is 27.4 Å². The van der Waals surface area contributed by atoms with E-state index in [0.717, 1.165) is 17.7 Å². The van der Waals surface area contributed by atoms with Crippen molar-refractivity contribution in [3.63, 3.8) is 0 Å². The molecule has 5 rings (SSSR count). The highest BCUT2D eigenvalue weighted by Gasteiger charge is 2.35. The standard InChI is InChI=1S/C23H25ClN2O6S/c24-18-2-4-20-16(13-18)12-17(15-32-20)23(27)25-6-8-26(9-7-25)33(28,29)19-3-5-21-22(14-19)31-11-1-10-30-21/h2-5,13-14,17H,1,6-12,15H2/t17-/m0/s1. The van der Waals surface area contributed by atoms with Gasteiger partial charge in [0.15, 0.2) is 11.5 Å². The van der Waals surface area contributed by atoms with Gasteiger partial charge in [0.05, 0.1) is 24.0 Å². The van der Waals surface area contributed by atoms with Crippen LogP contribution < -0.4 is 14.2 Å². The highest BCUT2D eigenvalue weighted by molar-refractivity contribution is 7.89. The topological polar surface area (TPSA) is 85.4 Å². The molecule has 2 aromatic rings. The second kappa shape index (κ2) is 9.04. The smallest absolute Gasteiger partial charge is 0.243 e. The van der Waals surface area contributed by atoms with Gasteiger partial charge in [0, 0.05) is 43.7 Å². The van der Waals surface area contributed by atoms with Crippen LogP contribution >= 0.6 is 11.6 Å². The molecule has 0 spiro atoms. The Balaban J connectivity index is 1.23. The summed E-state index contributed by atoms with van der Waals surface area (Å²) in [5, 5.41) is 0.610. The van der Waals surface area contributed by atoms with Crippen LogP contribution in [0.4, 0.5) is 0 Å². The molecule has 1 saturated heterocycles. The summed E-state index contributed by atoms with van der Waals surface area (Å²) in [6.07, 6.45) is 1.31. The maximum Gasteiger partial charge on any atom is 0.243 e. The molecule has 1 amide bonds. The lowest BCUT2D eigenvalue weighted by Crippen LogP contribution is -2.52. The number of hydrogen-bond donors (Lipinski definition) is 0. The van der Waals surface area contributed by atoms with Crippen molar-refractivity contribution in [3.8, 4) is 17.2 Å². The summed E-state index contributed by atoms with van der Waals surface area (Å²) in [6, 6.07) is 10.1. The Morgan fingerprint density at radius 2 is 1.64 bits per heavy atom. The summed E-state index contributed by atoms with van der Waals surface area (Å²) < 4.78 is 44.8. The molecule has 33 heavy (non-hydrogen) atoms. The number of fused-ring (bicyclic) bond motifs is 2. The summed E-state index contributed by atoms with van der Waals surface area (Å²) in [5.41, 5.74) is 0.919. The minimum Gasteiger partial charge on any atom is -0.492 e. The molecule has 3 aliphatic heterocycles. The summed E-state index contributed by atoms with van der Waals surface area (Å²) >= 11 is 6.08. The fourth-order valence-electron chi connectivity index (χ4n) is 4.38. The molecule has 176 valence electrons. The Morgan fingerprint density at radius 3 is 2.42 bits per heavy atom. The Kier molecular flexibility index (Phi) is 6.11. The molecule has 2 aromatic carbocycles. The summed E-state index contributed by atoms with van der Waals surface area (Å²) in [5.74, 6) is 1.43. The average molecular weight is 493 g/mol. The number of amides is 1. The number of piperazine rings is 1. The van der Waals surface area contributed by atoms with Gasteiger partial charge in [0.1, 0.15) is 12.4 Å². The van der Waals surface area contributed by atoms with E-state index in [1.807, 2.05) is 12.1 Å². The fraction of sp³-hybridized carbons (Fsp3) is 0.435. The van der Waals surface area contributed by atoms with Crippen LogP contribution in [0.25, 0.3) is 0 Å². The number of nitrogens with zero attached hydrogens (tertiary/aromatic N) is 2. The maximum absolute atomic E-state index is 13.2. The van der Waals surface area contributed by atoms with Crippen molar-refractivity contribution in [1.82, 2.24) is 9.21 Å². The van der Waals surface area contributed by atoms with Crippen LogP contribution in [0.15, 0.2) is 41.3 Å². The van der Waals surface area contributed by atoms with Crippen molar-refractivity contribution in [3.05, 3.63) is 47.0 Å². The second-order valence-electron chi connectivity index (χ2n) is 8.35. The zero-order valence-electron chi connectivity index (χ0n) is 18.0. The van der Waals surface area contributed by atoms with Crippen LogP contribution in [-0.4, -0.2) is 69.5 Å². The maximum atomic E-state index is 13.2. The van der Waals surface area contributed by atoms with E-state index in [1.54, 1.807) is 23.1 Å². The van der Waals surface area contributed by atoms with Gasteiger partial charge in [-0.15, -0.1) is 0 Å². The first-order chi connectivity index (χ1) is 15.9. The van der Waals surface area contributed by atoms with Gasteiger partial charge < -0.3 is 19.1 Å². The molecular weight excluding hydrogens is 468 g/mol. The first kappa shape index (κ1) is 22.3. The second-order valence-corrected chi connectivity index (χ2v) is 10.7. The van der Waals surface area contributed by atoms with Gasteiger partial charge in [-0.3, -0.25) is 4.79 Å². The van der Waals surface area contributed by atoms with Crippen LogP contribution in [0.2, 0.25) is 5.02 Å². The van der Waals surface area contributed by atoms with Crippen LogP contribution in [0.3, 0.4) is 0 Å². The number of benzene rings is 2. The third kappa shape index (κ3) is 4.49. The monoisotopic (exact) mass is 492 g/mol. The zero-order chi connectivity index (χ0) is 23.0. The Morgan fingerprint density at radius 1 is 0.909 bits per heavy atom. The first-order valence-corrected chi connectivity index (χ1v) is 12.8. The molecule has 3 heterocycles. The van der Waals surface area contributed by atoms with Gasteiger partial charge >= 0.3 is 0 Å². The Labute approximate surface area is 198 Å². The third-order valence-electron chi connectivity index (χ3n) is 6.19. The van der Waals surface area contributed by atoms with E-state index in [-0.39, 0.29) is 29.8 Å². The van der Waals surface area contributed by atoms with Crippen molar-refractivity contribution in [2.24, 2.45) is 5.92 Å². The minimum atomic E-state index is -3.71. The predicted octanol–water partition coefficient (Wildman–Crippen LogP) is 2.59. The molecule has 0 aliphatic carbocycles. The van der Waals surface area contributed by atoms with E-state index in [9.17, 15) is 13.2 Å². The van der Waals surface area contributed by atoms with Crippen molar-refractivity contribution in [2.45, 2.75) is 17.7 Å². The lowest BCUT2D eigenvalue weighted by atomic mass is 9.95. The van der Waals surface area contributed by atoms with Gasteiger partial charge in [-0.05, 0) is 42.3 Å². The van der Waals surface area contributed by atoms with Crippen LogP contribution in [0.1, 0.15) is 12.0 Å². The summed E-state index contributed by atoms with van der Waals surface area (Å²) in [4.78, 5) is 15.0. The molecule has 3 aliphatic rings. The number of carbonyl (C=O) groups is 1. The molecule has 0 unspecified atom stereocenters. The van der Waals surface area contributed by atoms with Gasteiger partial charge in [0.25, 0.3) is 0 Å². The quantitative estimate of drug-likeness (QED) is 0.654. The molecule has 1 fully saturated rings. The SMILES string of the molecule is O=C([C@@H]1COc2ccc(Cl)cc2C1)N1CCN(S(=O)(=O)c2ccc3c(c2)OCCCO3)CC1. The molecule has 0 radical (unpaired) electrons. The highest BCUT2D eigenvalue weighted by Crippen LogP contribution is 2.34. The third-order valence-corrected chi connectivity index (χ3v) is 8.31. The number of ether oxygens (including phenoxy) is 3. The van der Waals surface area contributed by atoms with E-state index in [4.69, 9.17) is 25.8 Å². The van der Waals surface area contributed by atoms with E-state index < -0.39 is 10.0 Å². The normalized spacial score (nSPS) is 21.0. The van der Waals surface area contributed by atoms with Gasteiger partial charge in [-0.1, -0.05) is 11.6 Å². The lowest BCUT2D eigenvalue weighted by molar-refractivity contribution is -0.138. The zero-order valence-corrected chi connectivity index (χ0v) is 19.6. The van der Waals surface area contributed by atoms with Gasteiger partial charge in [-0.2, -0.15) is 4.31 Å². The number of carbonyl (C=O) groups excluding carboxylic acids is 1. The fourth-order valence-corrected chi connectivity index (χ4v) is 6.01. The molecule has 1 atom stereocenters. The molecule has 0 N–H and O–H groups in total. The van der Waals surface area contributed by atoms with Crippen molar-refractivity contribution in [1.29, 1.82) is 0 Å². The van der Waals surface area contributed by atoms with E-state index in [2.05, 4.69) is 0 Å². The number of halogens is 1.